The Kier molecular flexibility index (Phi) is 7.39. The van der Waals surface area contributed by atoms with E-state index in [9.17, 15) is 9.59 Å². The summed E-state index contributed by atoms with van der Waals surface area (Å²) in [5.74, 6) is 0.193. The Morgan fingerprint density at radius 2 is 1.81 bits per heavy atom. The van der Waals surface area contributed by atoms with Gasteiger partial charge in [-0.05, 0) is 41.0 Å². The van der Waals surface area contributed by atoms with Crippen LogP contribution in [0.15, 0.2) is 28.7 Å². The molecule has 0 heterocycles. The molecule has 5 nitrogen and oxygen atoms in total. The molecule has 1 aromatic carbocycles. The SMILES string of the molecule is CC(C)CNC(=O)CN(C)CC(=O)Nc1ccccc1Br. The first-order chi connectivity index (χ1) is 9.88. The summed E-state index contributed by atoms with van der Waals surface area (Å²) >= 11 is 3.37. The second kappa shape index (κ2) is 8.79. The van der Waals surface area contributed by atoms with Crippen molar-refractivity contribution in [3.8, 4) is 0 Å². The van der Waals surface area contributed by atoms with Crippen LogP contribution in [0, 0.1) is 5.92 Å². The minimum absolute atomic E-state index is 0.0695. The van der Waals surface area contributed by atoms with E-state index in [1.54, 1.807) is 11.9 Å². The fourth-order valence-corrected chi connectivity index (χ4v) is 2.06. The molecule has 116 valence electrons. The van der Waals surface area contributed by atoms with Crippen LogP contribution < -0.4 is 10.6 Å². The van der Waals surface area contributed by atoms with E-state index < -0.39 is 0 Å². The number of nitrogens with one attached hydrogen (secondary N) is 2. The molecule has 2 amide bonds. The normalized spacial score (nSPS) is 10.8. The summed E-state index contributed by atoms with van der Waals surface area (Å²) in [6.07, 6.45) is 0. The van der Waals surface area contributed by atoms with Crippen molar-refractivity contribution in [2.24, 2.45) is 5.92 Å². The lowest BCUT2D eigenvalue weighted by atomic mass is 10.2. The standard InChI is InChI=1S/C15H22BrN3O2/c1-11(2)8-17-14(20)9-19(3)10-15(21)18-13-7-5-4-6-12(13)16/h4-7,11H,8-10H2,1-3H3,(H,17,20)(H,18,21). The zero-order chi connectivity index (χ0) is 15.8. The molecule has 0 saturated carbocycles. The first-order valence-electron chi connectivity index (χ1n) is 6.88. The molecule has 0 aliphatic rings. The molecule has 0 aromatic heterocycles. The summed E-state index contributed by atoms with van der Waals surface area (Å²) < 4.78 is 0.829. The zero-order valence-corrected chi connectivity index (χ0v) is 14.2. The highest BCUT2D eigenvalue weighted by atomic mass is 79.9. The van der Waals surface area contributed by atoms with Gasteiger partial charge < -0.3 is 10.6 Å². The van der Waals surface area contributed by atoms with Gasteiger partial charge in [0.1, 0.15) is 0 Å². The smallest absolute Gasteiger partial charge is 0.238 e. The number of amides is 2. The number of rotatable bonds is 7. The number of halogens is 1. The Morgan fingerprint density at radius 3 is 2.43 bits per heavy atom. The topological polar surface area (TPSA) is 61.4 Å². The van der Waals surface area contributed by atoms with Crippen molar-refractivity contribution in [3.63, 3.8) is 0 Å². The number of para-hydroxylation sites is 1. The first kappa shape index (κ1) is 17.7. The van der Waals surface area contributed by atoms with Gasteiger partial charge in [-0.15, -0.1) is 0 Å². The van der Waals surface area contributed by atoms with E-state index in [1.165, 1.54) is 0 Å². The van der Waals surface area contributed by atoms with Crippen LogP contribution in [0.25, 0.3) is 0 Å². The highest BCUT2D eigenvalue weighted by molar-refractivity contribution is 9.10. The van der Waals surface area contributed by atoms with Gasteiger partial charge in [0.25, 0.3) is 0 Å². The van der Waals surface area contributed by atoms with E-state index in [0.717, 1.165) is 10.2 Å². The minimum Gasteiger partial charge on any atom is -0.355 e. The van der Waals surface area contributed by atoms with Gasteiger partial charge in [0.05, 0.1) is 18.8 Å². The lowest BCUT2D eigenvalue weighted by Gasteiger charge is -2.17. The van der Waals surface area contributed by atoms with Crippen LogP contribution in [0.5, 0.6) is 0 Å². The largest absolute Gasteiger partial charge is 0.355 e. The molecule has 0 saturated heterocycles. The van der Waals surface area contributed by atoms with Crippen LogP contribution >= 0.6 is 15.9 Å². The third kappa shape index (κ3) is 7.24. The minimum atomic E-state index is -0.152. The Labute approximate surface area is 134 Å². The van der Waals surface area contributed by atoms with Gasteiger partial charge in [0.15, 0.2) is 0 Å². The van der Waals surface area contributed by atoms with Crippen LogP contribution in [0.1, 0.15) is 13.8 Å². The van der Waals surface area contributed by atoms with Crippen molar-refractivity contribution in [2.45, 2.75) is 13.8 Å². The molecular weight excluding hydrogens is 334 g/mol. The number of carbonyl (C=O) groups is 2. The second-order valence-electron chi connectivity index (χ2n) is 5.40. The molecule has 0 aliphatic carbocycles. The molecule has 6 heteroatoms. The van der Waals surface area contributed by atoms with Crippen molar-refractivity contribution in [1.29, 1.82) is 0 Å². The number of hydrogen-bond donors (Lipinski definition) is 2. The fourth-order valence-electron chi connectivity index (χ4n) is 1.67. The predicted octanol–water partition coefficient (Wildman–Crippen LogP) is 2.09. The van der Waals surface area contributed by atoms with Crippen molar-refractivity contribution in [3.05, 3.63) is 28.7 Å². The van der Waals surface area contributed by atoms with Crippen LogP contribution in [0.3, 0.4) is 0 Å². The van der Waals surface area contributed by atoms with Crippen molar-refractivity contribution in [1.82, 2.24) is 10.2 Å². The number of benzene rings is 1. The van der Waals surface area contributed by atoms with E-state index in [2.05, 4.69) is 26.6 Å². The number of hydrogen-bond acceptors (Lipinski definition) is 3. The van der Waals surface area contributed by atoms with E-state index in [0.29, 0.717) is 12.5 Å². The van der Waals surface area contributed by atoms with Gasteiger partial charge in [0.2, 0.25) is 11.8 Å². The van der Waals surface area contributed by atoms with Crippen molar-refractivity contribution >= 4 is 33.4 Å². The summed E-state index contributed by atoms with van der Waals surface area (Å²) in [6.45, 7) is 5.09. The van der Waals surface area contributed by atoms with Gasteiger partial charge in [0, 0.05) is 11.0 Å². The summed E-state index contributed by atoms with van der Waals surface area (Å²) in [4.78, 5) is 25.3. The monoisotopic (exact) mass is 355 g/mol. The Hall–Kier alpha value is -1.40. The Bertz CT molecular complexity index is 492. The number of carbonyl (C=O) groups excluding carboxylic acids is 2. The Morgan fingerprint density at radius 1 is 1.19 bits per heavy atom. The summed E-state index contributed by atoms with van der Waals surface area (Å²) in [6, 6.07) is 7.41. The maximum absolute atomic E-state index is 11.9. The van der Waals surface area contributed by atoms with Gasteiger partial charge in [-0.2, -0.15) is 0 Å². The van der Waals surface area contributed by atoms with E-state index in [4.69, 9.17) is 0 Å². The number of nitrogens with zero attached hydrogens (tertiary/aromatic N) is 1. The maximum Gasteiger partial charge on any atom is 0.238 e. The van der Waals surface area contributed by atoms with Gasteiger partial charge in [-0.25, -0.2) is 0 Å². The maximum atomic E-state index is 11.9. The van der Waals surface area contributed by atoms with Crippen molar-refractivity contribution in [2.75, 3.05) is 32.0 Å². The lowest BCUT2D eigenvalue weighted by Crippen LogP contribution is -2.39. The fraction of sp³-hybridized carbons (Fsp3) is 0.467. The summed E-state index contributed by atoms with van der Waals surface area (Å²) in [5.41, 5.74) is 0.722. The highest BCUT2D eigenvalue weighted by Crippen LogP contribution is 2.20. The lowest BCUT2D eigenvalue weighted by molar-refractivity contribution is -0.123. The number of anilines is 1. The van der Waals surface area contributed by atoms with Crippen molar-refractivity contribution < 1.29 is 9.59 Å². The van der Waals surface area contributed by atoms with Crippen LogP contribution in [0.4, 0.5) is 5.69 Å². The molecule has 0 unspecified atom stereocenters. The first-order valence-corrected chi connectivity index (χ1v) is 7.67. The highest BCUT2D eigenvalue weighted by Gasteiger charge is 2.11. The van der Waals surface area contributed by atoms with Gasteiger partial charge in [-0.3, -0.25) is 14.5 Å². The quantitative estimate of drug-likeness (QED) is 0.787. The van der Waals surface area contributed by atoms with Crippen LogP contribution in [-0.2, 0) is 9.59 Å². The molecule has 0 fully saturated rings. The van der Waals surface area contributed by atoms with E-state index >= 15 is 0 Å². The molecule has 0 radical (unpaired) electrons. The Balaban J connectivity index is 2.37. The predicted molar refractivity (Wildman–Crippen MR) is 88.1 cm³/mol. The second-order valence-corrected chi connectivity index (χ2v) is 6.25. The van der Waals surface area contributed by atoms with Crippen LogP contribution in [0.2, 0.25) is 0 Å². The molecule has 0 aliphatic heterocycles. The average Bonchev–Trinajstić information content (AvgIpc) is 2.38. The molecular formula is C15H22BrN3O2. The molecule has 2 N–H and O–H groups in total. The molecule has 1 rings (SSSR count). The molecule has 1 aromatic rings. The van der Waals surface area contributed by atoms with Crippen LogP contribution in [-0.4, -0.2) is 43.4 Å². The molecule has 0 bridgehead atoms. The van der Waals surface area contributed by atoms with E-state index in [1.807, 2.05) is 38.1 Å². The number of likely N-dealkylation sites (N-methyl/N-ethyl adjacent to an activating group) is 1. The zero-order valence-electron chi connectivity index (χ0n) is 12.6. The third-order valence-corrected chi connectivity index (χ3v) is 3.37. The molecule has 0 spiro atoms. The van der Waals surface area contributed by atoms with Gasteiger partial charge >= 0.3 is 0 Å². The molecule has 0 atom stereocenters. The molecule has 21 heavy (non-hydrogen) atoms. The average molecular weight is 356 g/mol. The summed E-state index contributed by atoms with van der Waals surface area (Å²) in [5, 5.41) is 5.63. The summed E-state index contributed by atoms with van der Waals surface area (Å²) in [7, 11) is 1.74. The van der Waals surface area contributed by atoms with E-state index in [-0.39, 0.29) is 24.9 Å². The third-order valence-electron chi connectivity index (χ3n) is 2.68. The van der Waals surface area contributed by atoms with Gasteiger partial charge in [-0.1, -0.05) is 26.0 Å².